The topological polar surface area (TPSA) is 81.3 Å². The van der Waals surface area contributed by atoms with E-state index in [2.05, 4.69) is 15.3 Å². The number of aromatic nitrogens is 4. The van der Waals surface area contributed by atoms with Gasteiger partial charge in [0.15, 0.2) is 5.65 Å². The quantitative estimate of drug-likeness (QED) is 0.584. The summed E-state index contributed by atoms with van der Waals surface area (Å²) in [6.45, 7) is 3.39. The van der Waals surface area contributed by atoms with E-state index < -0.39 is 0 Å². The van der Waals surface area contributed by atoms with Crippen LogP contribution in [0.15, 0.2) is 65.6 Å². The van der Waals surface area contributed by atoms with Gasteiger partial charge in [-0.1, -0.05) is 6.07 Å². The molecule has 0 fully saturated rings. The van der Waals surface area contributed by atoms with E-state index in [4.69, 9.17) is 0 Å². The Balaban J connectivity index is 1.67. The highest BCUT2D eigenvalue weighted by molar-refractivity contribution is 5.88. The molecule has 0 aliphatic carbocycles. The molecule has 29 heavy (non-hydrogen) atoms. The van der Waals surface area contributed by atoms with E-state index in [0.29, 0.717) is 17.0 Å². The number of carbonyl (C=O) groups is 1. The van der Waals surface area contributed by atoms with Crippen LogP contribution in [0.4, 0.5) is 5.69 Å². The van der Waals surface area contributed by atoms with Crippen LogP contribution in [0.5, 0.6) is 0 Å². The molecular formula is C22H19N5O2. The highest BCUT2D eigenvalue weighted by Crippen LogP contribution is 2.15. The second kappa shape index (κ2) is 7.55. The summed E-state index contributed by atoms with van der Waals surface area (Å²) in [5.41, 5.74) is 4.13. The molecule has 0 radical (unpaired) electrons. The number of pyridine rings is 1. The van der Waals surface area contributed by atoms with E-state index in [0.717, 1.165) is 17.1 Å². The van der Waals surface area contributed by atoms with Gasteiger partial charge in [-0.05, 0) is 55.5 Å². The molecule has 4 aromatic rings. The van der Waals surface area contributed by atoms with Crippen molar-refractivity contribution in [3.8, 4) is 5.69 Å². The number of rotatable bonds is 4. The second-order valence-electron chi connectivity index (χ2n) is 6.61. The molecule has 3 aromatic heterocycles. The van der Waals surface area contributed by atoms with Crippen molar-refractivity contribution in [2.45, 2.75) is 13.8 Å². The Labute approximate surface area is 167 Å². The van der Waals surface area contributed by atoms with Crippen molar-refractivity contribution >= 4 is 29.4 Å². The first-order valence-electron chi connectivity index (χ1n) is 9.11. The Bertz CT molecular complexity index is 1280. The van der Waals surface area contributed by atoms with E-state index in [1.165, 1.54) is 17.5 Å². The number of carbonyl (C=O) groups excluding carboxylic acids is 1. The summed E-state index contributed by atoms with van der Waals surface area (Å²) >= 11 is 0. The lowest BCUT2D eigenvalue weighted by Gasteiger charge is -2.08. The van der Waals surface area contributed by atoms with Gasteiger partial charge >= 0.3 is 0 Å². The molecule has 0 unspecified atom stereocenters. The Morgan fingerprint density at radius 1 is 1.00 bits per heavy atom. The van der Waals surface area contributed by atoms with E-state index in [9.17, 15) is 9.59 Å². The van der Waals surface area contributed by atoms with E-state index in [1.807, 2.05) is 43.3 Å². The summed E-state index contributed by atoms with van der Waals surface area (Å²) in [6.07, 6.45) is 5.40. The Hall–Kier alpha value is -4.00. The largest absolute Gasteiger partial charge is 0.326 e. The highest BCUT2D eigenvalue weighted by Gasteiger charge is 2.08. The standard InChI is InChI=1S/C22H19N5O2/c1-15-4-3-5-17(23-15)6-7-19-14-22(29)27-21(25-19)12-13-26(27)20-10-8-18(9-11-20)24-16(2)28/h3-14H,1-2H3,(H,24,28). The number of fused-ring (bicyclic) bond motifs is 1. The maximum Gasteiger partial charge on any atom is 0.273 e. The molecule has 0 aliphatic rings. The Morgan fingerprint density at radius 3 is 2.48 bits per heavy atom. The summed E-state index contributed by atoms with van der Waals surface area (Å²) in [4.78, 5) is 32.8. The first-order valence-corrected chi connectivity index (χ1v) is 9.11. The van der Waals surface area contributed by atoms with Crippen LogP contribution in [0.25, 0.3) is 23.5 Å². The van der Waals surface area contributed by atoms with Crippen LogP contribution in [0.3, 0.4) is 0 Å². The fraction of sp³-hybridized carbons (Fsp3) is 0.0909. The lowest BCUT2D eigenvalue weighted by molar-refractivity contribution is -0.114. The van der Waals surface area contributed by atoms with Gasteiger partial charge in [0.2, 0.25) is 5.91 Å². The molecule has 1 aromatic carbocycles. The monoisotopic (exact) mass is 385 g/mol. The number of anilines is 1. The Morgan fingerprint density at radius 2 is 1.76 bits per heavy atom. The van der Waals surface area contributed by atoms with Gasteiger partial charge in [-0.25, -0.2) is 4.98 Å². The average Bonchev–Trinajstić information content (AvgIpc) is 3.11. The second-order valence-corrected chi connectivity index (χ2v) is 6.61. The Kier molecular flexibility index (Phi) is 4.78. The average molecular weight is 385 g/mol. The summed E-state index contributed by atoms with van der Waals surface area (Å²) in [5.74, 6) is -0.133. The summed E-state index contributed by atoms with van der Waals surface area (Å²) < 4.78 is 3.22. The molecule has 0 saturated carbocycles. The van der Waals surface area contributed by atoms with Gasteiger partial charge in [-0.3, -0.25) is 19.3 Å². The van der Waals surface area contributed by atoms with Gasteiger partial charge in [0.25, 0.3) is 5.56 Å². The van der Waals surface area contributed by atoms with Crippen LogP contribution in [0, 0.1) is 6.92 Å². The number of aryl methyl sites for hydroxylation is 1. The van der Waals surface area contributed by atoms with Crippen molar-refractivity contribution in [1.29, 1.82) is 0 Å². The third kappa shape index (κ3) is 3.98. The molecule has 4 rings (SSSR count). The van der Waals surface area contributed by atoms with Gasteiger partial charge in [0.1, 0.15) is 0 Å². The van der Waals surface area contributed by atoms with Gasteiger partial charge in [-0.2, -0.15) is 4.52 Å². The fourth-order valence-electron chi connectivity index (χ4n) is 3.06. The van der Waals surface area contributed by atoms with Crippen LogP contribution < -0.4 is 10.9 Å². The van der Waals surface area contributed by atoms with Gasteiger partial charge < -0.3 is 5.32 Å². The summed E-state index contributed by atoms with van der Waals surface area (Å²) in [5, 5.41) is 2.72. The zero-order valence-electron chi connectivity index (χ0n) is 16.0. The molecule has 7 nitrogen and oxygen atoms in total. The predicted molar refractivity (Wildman–Crippen MR) is 113 cm³/mol. The number of hydrogen-bond donors (Lipinski definition) is 1. The first-order chi connectivity index (χ1) is 14.0. The van der Waals surface area contributed by atoms with Crippen molar-refractivity contribution in [3.05, 3.63) is 88.2 Å². The van der Waals surface area contributed by atoms with Gasteiger partial charge in [0.05, 0.1) is 17.1 Å². The lowest BCUT2D eigenvalue weighted by Crippen LogP contribution is -2.20. The normalized spacial score (nSPS) is 11.2. The van der Waals surface area contributed by atoms with Crippen LogP contribution >= 0.6 is 0 Å². The summed E-state index contributed by atoms with van der Waals surface area (Å²) in [6, 6.07) is 16.3. The van der Waals surface area contributed by atoms with Crippen LogP contribution in [-0.2, 0) is 4.79 Å². The molecular weight excluding hydrogens is 366 g/mol. The van der Waals surface area contributed by atoms with Crippen LogP contribution in [-0.4, -0.2) is 25.1 Å². The lowest BCUT2D eigenvalue weighted by atomic mass is 10.2. The van der Waals surface area contributed by atoms with Crippen molar-refractivity contribution in [3.63, 3.8) is 0 Å². The molecule has 3 heterocycles. The minimum absolute atomic E-state index is 0.133. The summed E-state index contributed by atoms with van der Waals surface area (Å²) in [7, 11) is 0. The van der Waals surface area contributed by atoms with Gasteiger partial charge in [-0.15, -0.1) is 0 Å². The van der Waals surface area contributed by atoms with Crippen molar-refractivity contribution in [1.82, 2.24) is 19.2 Å². The number of nitrogens with zero attached hydrogens (tertiary/aromatic N) is 4. The number of nitrogens with one attached hydrogen (secondary N) is 1. The molecule has 7 heteroatoms. The third-order valence-corrected chi connectivity index (χ3v) is 4.31. The SMILES string of the molecule is CC(=O)Nc1ccc(-n2ccc3nc(C=Cc4cccc(C)n4)cc(=O)n32)cc1. The van der Waals surface area contributed by atoms with Crippen LogP contribution in [0.1, 0.15) is 24.0 Å². The van der Waals surface area contributed by atoms with E-state index >= 15 is 0 Å². The number of amides is 1. The minimum atomic E-state index is -0.192. The molecule has 144 valence electrons. The maximum absolute atomic E-state index is 12.7. The molecule has 0 atom stereocenters. The first kappa shape index (κ1) is 18.4. The van der Waals surface area contributed by atoms with E-state index in [-0.39, 0.29) is 11.5 Å². The third-order valence-electron chi connectivity index (χ3n) is 4.31. The van der Waals surface area contributed by atoms with Crippen molar-refractivity contribution in [2.24, 2.45) is 0 Å². The maximum atomic E-state index is 12.7. The molecule has 1 N–H and O–H groups in total. The van der Waals surface area contributed by atoms with Crippen molar-refractivity contribution in [2.75, 3.05) is 5.32 Å². The zero-order chi connectivity index (χ0) is 20.4. The van der Waals surface area contributed by atoms with Gasteiger partial charge in [0, 0.05) is 36.6 Å². The number of benzene rings is 1. The molecule has 1 amide bonds. The fourth-order valence-corrected chi connectivity index (χ4v) is 3.06. The smallest absolute Gasteiger partial charge is 0.273 e. The zero-order valence-corrected chi connectivity index (χ0v) is 16.0. The number of hydrogen-bond acceptors (Lipinski definition) is 4. The van der Waals surface area contributed by atoms with Crippen LogP contribution in [0.2, 0.25) is 0 Å². The molecule has 0 bridgehead atoms. The predicted octanol–water partition coefficient (Wildman–Crippen LogP) is 3.32. The highest BCUT2D eigenvalue weighted by atomic mass is 16.1. The molecule has 0 aliphatic heterocycles. The minimum Gasteiger partial charge on any atom is -0.326 e. The molecule has 0 spiro atoms. The molecule has 0 saturated heterocycles. The van der Waals surface area contributed by atoms with Crippen molar-refractivity contribution < 1.29 is 4.79 Å². The van der Waals surface area contributed by atoms with E-state index in [1.54, 1.807) is 35.2 Å².